The van der Waals surface area contributed by atoms with Gasteiger partial charge in [-0.2, -0.15) is 0 Å². The summed E-state index contributed by atoms with van der Waals surface area (Å²) in [7, 11) is 1.73. The highest BCUT2D eigenvalue weighted by molar-refractivity contribution is 5.35. The summed E-state index contributed by atoms with van der Waals surface area (Å²) >= 11 is 0. The fourth-order valence-electron chi connectivity index (χ4n) is 2.66. The van der Waals surface area contributed by atoms with Crippen molar-refractivity contribution in [3.63, 3.8) is 0 Å². The van der Waals surface area contributed by atoms with Crippen molar-refractivity contribution in [2.75, 3.05) is 38.3 Å². The van der Waals surface area contributed by atoms with Gasteiger partial charge in [-0.1, -0.05) is 6.92 Å². The minimum absolute atomic E-state index is 0.0262. The van der Waals surface area contributed by atoms with Crippen molar-refractivity contribution in [1.82, 2.24) is 9.55 Å². The van der Waals surface area contributed by atoms with Crippen LogP contribution in [0, 0.1) is 0 Å². The molecule has 1 fully saturated rings. The third-order valence-corrected chi connectivity index (χ3v) is 3.97. The summed E-state index contributed by atoms with van der Waals surface area (Å²) in [6, 6.07) is 0.285. The molecule has 1 aromatic heterocycles. The first-order chi connectivity index (χ1) is 10.1. The van der Waals surface area contributed by atoms with E-state index >= 15 is 0 Å². The van der Waals surface area contributed by atoms with Crippen molar-refractivity contribution in [1.29, 1.82) is 0 Å². The van der Waals surface area contributed by atoms with Gasteiger partial charge in [0.05, 0.1) is 31.1 Å². The highest BCUT2D eigenvalue weighted by Crippen LogP contribution is 2.23. The lowest BCUT2D eigenvalue weighted by Crippen LogP contribution is -2.50. The Bertz CT molecular complexity index is 447. The van der Waals surface area contributed by atoms with E-state index in [2.05, 4.69) is 29.5 Å². The molecule has 2 rings (SSSR count). The van der Waals surface area contributed by atoms with Crippen molar-refractivity contribution in [2.24, 2.45) is 5.73 Å². The molecule has 2 N–H and O–H groups in total. The van der Waals surface area contributed by atoms with Crippen molar-refractivity contribution >= 4 is 5.95 Å². The highest BCUT2D eigenvalue weighted by atomic mass is 16.5. The predicted molar refractivity (Wildman–Crippen MR) is 83.8 cm³/mol. The maximum absolute atomic E-state index is 5.99. The largest absolute Gasteiger partial charge is 0.383 e. The third-order valence-electron chi connectivity index (χ3n) is 3.97. The predicted octanol–water partition coefficient (Wildman–Crippen LogP) is 1.21. The summed E-state index contributed by atoms with van der Waals surface area (Å²) in [6.45, 7) is 9.28. The van der Waals surface area contributed by atoms with Crippen molar-refractivity contribution in [3.05, 3.63) is 11.9 Å². The van der Waals surface area contributed by atoms with Crippen molar-refractivity contribution in [3.8, 4) is 0 Å². The molecule has 1 saturated heterocycles. The molecule has 0 aliphatic carbocycles. The Balaban J connectivity index is 2.22. The molecule has 2 heterocycles. The number of hydrogen-bond donors (Lipinski definition) is 1. The molecule has 1 aliphatic heterocycles. The summed E-state index contributed by atoms with van der Waals surface area (Å²) in [5.74, 6) is 1.00. The number of ether oxygens (including phenoxy) is 2. The second-order valence-corrected chi connectivity index (χ2v) is 5.81. The fourth-order valence-corrected chi connectivity index (χ4v) is 2.66. The van der Waals surface area contributed by atoms with Crippen LogP contribution in [0.2, 0.25) is 0 Å². The van der Waals surface area contributed by atoms with Crippen molar-refractivity contribution < 1.29 is 9.47 Å². The molecule has 0 radical (unpaired) electrons. The number of hydrogen-bond acceptors (Lipinski definition) is 5. The molecule has 21 heavy (non-hydrogen) atoms. The summed E-state index contributed by atoms with van der Waals surface area (Å²) in [5.41, 5.74) is 7.09. The minimum Gasteiger partial charge on any atom is -0.383 e. The Hall–Kier alpha value is -1.11. The second kappa shape index (κ2) is 7.24. The first-order valence-electron chi connectivity index (χ1n) is 7.75. The Morgan fingerprint density at radius 2 is 2.29 bits per heavy atom. The van der Waals surface area contributed by atoms with Gasteiger partial charge in [0.25, 0.3) is 0 Å². The van der Waals surface area contributed by atoms with Crippen LogP contribution in [0.3, 0.4) is 0 Å². The molecule has 120 valence electrons. The first kappa shape index (κ1) is 16.3. The highest BCUT2D eigenvalue weighted by Gasteiger charge is 2.27. The van der Waals surface area contributed by atoms with Gasteiger partial charge in [0.2, 0.25) is 5.95 Å². The van der Waals surface area contributed by atoms with Crippen LogP contribution in [-0.2, 0) is 15.9 Å². The molecule has 0 saturated carbocycles. The van der Waals surface area contributed by atoms with E-state index in [1.165, 1.54) is 0 Å². The van der Waals surface area contributed by atoms with Gasteiger partial charge in [-0.15, -0.1) is 0 Å². The average molecular weight is 296 g/mol. The molecule has 0 spiro atoms. The van der Waals surface area contributed by atoms with E-state index in [1.54, 1.807) is 7.11 Å². The van der Waals surface area contributed by atoms with Gasteiger partial charge in [-0.05, 0) is 20.3 Å². The number of aromatic nitrogens is 2. The lowest BCUT2D eigenvalue weighted by Gasteiger charge is -2.36. The summed E-state index contributed by atoms with van der Waals surface area (Å²) in [4.78, 5) is 7.07. The Kier molecular flexibility index (Phi) is 5.61. The zero-order valence-corrected chi connectivity index (χ0v) is 13.6. The molecule has 6 nitrogen and oxygen atoms in total. The standard InChI is InChI=1S/C15H28N4O2/c1-5-13-8-19(11(2)10-20-4)15(17-13)18-6-7-21-14(9-18)12(3)16/h8,11-12,14H,5-7,9-10,16H2,1-4H3. The zero-order chi connectivity index (χ0) is 15.4. The van der Waals surface area contributed by atoms with Crippen LogP contribution < -0.4 is 10.6 Å². The average Bonchev–Trinajstić information content (AvgIpc) is 2.92. The van der Waals surface area contributed by atoms with E-state index in [4.69, 9.17) is 20.2 Å². The van der Waals surface area contributed by atoms with Crippen LogP contribution in [-0.4, -0.2) is 55.1 Å². The SMILES string of the molecule is CCc1cn(C(C)COC)c(N2CCOC(C(C)N)C2)n1. The summed E-state index contributed by atoms with van der Waals surface area (Å²) < 4.78 is 13.2. The molecule has 3 atom stereocenters. The van der Waals surface area contributed by atoms with E-state index < -0.39 is 0 Å². The third kappa shape index (κ3) is 3.75. The van der Waals surface area contributed by atoms with Gasteiger partial charge in [-0.3, -0.25) is 0 Å². The number of aryl methyl sites for hydroxylation is 1. The number of methoxy groups -OCH3 is 1. The van der Waals surface area contributed by atoms with Crippen LogP contribution in [0.1, 0.15) is 32.5 Å². The maximum atomic E-state index is 5.99. The minimum atomic E-state index is 0.0262. The van der Waals surface area contributed by atoms with E-state index in [1.807, 2.05) is 6.92 Å². The molecule has 3 unspecified atom stereocenters. The summed E-state index contributed by atoms with van der Waals surface area (Å²) in [5, 5.41) is 0. The van der Waals surface area contributed by atoms with E-state index in [0.29, 0.717) is 13.2 Å². The van der Waals surface area contributed by atoms with Crippen LogP contribution in [0.15, 0.2) is 6.20 Å². The van der Waals surface area contributed by atoms with E-state index in [-0.39, 0.29) is 18.2 Å². The lowest BCUT2D eigenvalue weighted by molar-refractivity contribution is 0.0267. The Morgan fingerprint density at radius 3 is 2.90 bits per heavy atom. The van der Waals surface area contributed by atoms with Gasteiger partial charge in [-0.25, -0.2) is 4.98 Å². The Morgan fingerprint density at radius 1 is 1.52 bits per heavy atom. The zero-order valence-electron chi connectivity index (χ0n) is 13.6. The molecule has 6 heteroatoms. The molecule has 0 amide bonds. The van der Waals surface area contributed by atoms with Gasteiger partial charge in [0.15, 0.2) is 0 Å². The van der Waals surface area contributed by atoms with Crippen LogP contribution in [0.4, 0.5) is 5.95 Å². The molecular weight excluding hydrogens is 268 g/mol. The Labute approximate surface area is 127 Å². The molecule has 1 aliphatic rings. The van der Waals surface area contributed by atoms with E-state index in [0.717, 1.165) is 31.2 Å². The van der Waals surface area contributed by atoms with Crippen LogP contribution >= 0.6 is 0 Å². The molecule has 0 aromatic carbocycles. The molecular formula is C15H28N4O2. The number of morpholine rings is 1. The van der Waals surface area contributed by atoms with Gasteiger partial charge < -0.3 is 24.7 Å². The lowest BCUT2D eigenvalue weighted by atomic mass is 10.1. The topological polar surface area (TPSA) is 65.5 Å². The number of nitrogens with zero attached hydrogens (tertiary/aromatic N) is 3. The van der Waals surface area contributed by atoms with Crippen molar-refractivity contribution in [2.45, 2.75) is 45.4 Å². The molecule has 0 bridgehead atoms. The fraction of sp³-hybridized carbons (Fsp3) is 0.800. The van der Waals surface area contributed by atoms with Crippen LogP contribution in [0.5, 0.6) is 0 Å². The first-order valence-corrected chi connectivity index (χ1v) is 7.75. The summed E-state index contributed by atoms with van der Waals surface area (Å²) in [6.07, 6.45) is 3.13. The van der Waals surface area contributed by atoms with Crippen LogP contribution in [0.25, 0.3) is 0 Å². The molecule has 1 aromatic rings. The second-order valence-electron chi connectivity index (χ2n) is 5.81. The quantitative estimate of drug-likeness (QED) is 0.854. The number of nitrogens with two attached hydrogens (primary N) is 1. The van der Waals surface area contributed by atoms with E-state index in [9.17, 15) is 0 Å². The number of imidazole rings is 1. The van der Waals surface area contributed by atoms with Gasteiger partial charge in [0, 0.05) is 32.4 Å². The number of anilines is 1. The maximum Gasteiger partial charge on any atom is 0.206 e. The van der Waals surface area contributed by atoms with Gasteiger partial charge >= 0.3 is 0 Å². The smallest absolute Gasteiger partial charge is 0.206 e. The van der Waals surface area contributed by atoms with Gasteiger partial charge in [0.1, 0.15) is 0 Å². The number of rotatable bonds is 6. The monoisotopic (exact) mass is 296 g/mol. The normalized spacial score (nSPS) is 22.3.